The number of anilines is 1. The van der Waals surface area contributed by atoms with E-state index in [0.29, 0.717) is 16.6 Å². The van der Waals surface area contributed by atoms with Gasteiger partial charge in [-0.15, -0.1) is 0 Å². The quantitative estimate of drug-likeness (QED) is 0.319. The molecule has 1 atom stereocenters. The van der Waals surface area contributed by atoms with Crippen molar-refractivity contribution in [2.75, 3.05) is 11.9 Å². The van der Waals surface area contributed by atoms with Gasteiger partial charge in [0.25, 0.3) is 0 Å². The summed E-state index contributed by atoms with van der Waals surface area (Å²) in [5.74, 6) is 0.253. The number of aromatic nitrogens is 1. The number of aliphatic hydroxyl groups excluding tert-OH is 1. The van der Waals surface area contributed by atoms with Crippen molar-refractivity contribution in [1.29, 1.82) is 0 Å². The van der Waals surface area contributed by atoms with E-state index in [1.165, 1.54) is 10.9 Å². The van der Waals surface area contributed by atoms with Gasteiger partial charge in [0.1, 0.15) is 5.41 Å². The smallest absolute Gasteiger partial charge is 0.237 e. The molecule has 1 saturated carbocycles. The first-order valence-electron chi connectivity index (χ1n) is 12.2. The van der Waals surface area contributed by atoms with E-state index in [4.69, 9.17) is 11.6 Å². The predicted molar refractivity (Wildman–Crippen MR) is 142 cm³/mol. The largest absolute Gasteiger partial charge is 0.395 e. The van der Waals surface area contributed by atoms with Gasteiger partial charge < -0.3 is 10.4 Å². The molecule has 0 bridgehead atoms. The minimum atomic E-state index is -1.02. The number of carbonyl (C=O) groups excluding carboxylic acids is 1. The zero-order valence-electron chi connectivity index (χ0n) is 19.5. The Morgan fingerprint density at radius 1 is 0.914 bits per heavy atom. The molecule has 0 saturated heterocycles. The van der Waals surface area contributed by atoms with Crippen molar-refractivity contribution in [1.82, 2.24) is 4.98 Å². The van der Waals surface area contributed by atoms with Crippen LogP contribution in [0.4, 0.5) is 5.69 Å². The molecule has 1 fully saturated rings. The van der Waals surface area contributed by atoms with Crippen LogP contribution in [0.1, 0.15) is 42.7 Å². The molecule has 2 N–H and O–H groups in total. The van der Waals surface area contributed by atoms with Crippen LogP contribution in [0.15, 0.2) is 91.1 Å². The molecule has 1 aliphatic carbocycles. The van der Waals surface area contributed by atoms with Gasteiger partial charge in [-0.1, -0.05) is 60.1 Å². The first kappa shape index (κ1) is 23.5. The van der Waals surface area contributed by atoms with Gasteiger partial charge in [-0.3, -0.25) is 9.78 Å². The van der Waals surface area contributed by atoms with Crippen molar-refractivity contribution < 1.29 is 9.90 Å². The van der Waals surface area contributed by atoms with E-state index in [9.17, 15) is 9.90 Å². The van der Waals surface area contributed by atoms with E-state index in [2.05, 4.69) is 34.6 Å². The fourth-order valence-electron chi connectivity index (χ4n) is 5.73. The SMILES string of the molecule is O=C(Nc1ccc(Cl)cc1)[C@@](CO)(c1ccccc1)C1CCC(c2ccnc3ccccc23)CC1. The lowest BCUT2D eigenvalue weighted by molar-refractivity contribution is -0.126. The average molecular weight is 485 g/mol. The second-order valence-electron chi connectivity index (χ2n) is 9.42. The third-order valence-electron chi connectivity index (χ3n) is 7.59. The summed E-state index contributed by atoms with van der Waals surface area (Å²) in [4.78, 5) is 18.4. The zero-order valence-corrected chi connectivity index (χ0v) is 20.3. The lowest BCUT2D eigenvalue weighted by atomic mass is 9.62. The van der Waals surface area contributed by atoms with Crippen LogP contribution in [0, 0.1) is 5.92 Å². The van der Waals surface area contributed by atoms with Crippen molar-refractivity contribution in [2.24, 2.45) is 5.92 Å². The summed E-state index contributed by atoms with van der Waals surface area (Å²) in [6, 6.07) is 27.2. The van der Waals surface area contributed by atoms with Crippen LogP contribution in [0.5, 0.6) is 0 Å². The number of nitrogens with zero attached hydrogens (tertiary/aromatic N) is 1. The van der Waals surface area contributed by atoms with E-state index in [-0.39, 0.29) is 18.4 Å². The van der Waals surface area contributed by atoms with Gasteiger partial charge in [-0.05, 0) is 85.0 Å². The highest BCUT2D eigenvalue weighted by Gasteiger charge is 2.48. The molecule has 1 aromatic heterocycles. The van der Waals surface area contributed by atoms with Gasteiger partial charge in [0.2, 0.25) is 5.91 Å². The van der Waals surface area contributed by atoms with E-state index < -0.39 is 5.41 Å². The number of rotatable bonds is 6. The fourth-order valence-corrected chi connectivity index (χ4v) is 5.85. The Hall–Kier alpha value is -3.21. The molecular weight excluding hydrogens is 456 g/mol. The molecule has 35 heavy (non-hydrogen) atoms. The first-order chi connectivity index (χ1) is 17.1. The lowest BCUT2D eigenvalue weighted by Crippen LogP contribution is -2.50. The molecule has 4 aromatic rings. The van der Waals surface area contributed by atoms with Crippen LogP contribution >= 0.6 is 11.6 Å². The number of carbonyl (C=O) groups is 1. The van der Waals surface area contributed by atoms with Gasteiger partial charge in [-0.2, -0.15) is 0 Å². The van der Waals surface area contributed by atoms with Gasteiger partial charge in [0.15, 0.2) is 0 Å². The van der Waals surface area contributed by atoms with Crippen LogP contribution in [-0.4, -0.2) is 22.6 Å². The zero-order chi connectivity index (χ0) is 24.3. The molecule has 1 heterocycles. The van der Waals surface area contributed by atoms with Gasteiger partial charge in [0, 0.05) is 22.3 Å². The van der Waals surface area contributed by atoms with Crippen molar-refractivity contribution >= 4 is 34.1 Å². The summed E-state index contributed by atoms with van der Waals surface area (Å²) in [6.07, 6.45) is 5.52. The highest BCUT2D eigenvalue weighted by molar-refractivity contribution is 6.30. The Morgan fingerprint density at radius 2 is 1.60 bits per heavy atom. The van der Waals surface area contributed by atoms with E-state index >= 15 is 0 Å². The Balaban J connectivity index is 1.44. The number of hydrogen-bond donors (Lipinski definition) is 2. The van der Waals surface area contributed by atoms with E-state index in [0.717, 1.165) is 36.8 Å². The minimum absolute atomic E-state index is 0.0200. The standard InChI is InChI=1S/C30H29ClN2O2/c31-24-14-16-25(17-15-24)33-29(35)30(20-34,22-6-2-1-3-7-22)23-12-10-21(11-13-23)26-18-19-32-28-9-5-4-8-27(26)28/h1-9,14-19,21,23,34H,10-13,20H2,(H,33,35)/t21?,23?,30-/m0/s1. The summed E-state index contributed by atoms with van der Waals surface area (Å²) >= 11 is 6.03. The maximum absolute atomic E-state index is 13.9. The van der Waals surface area contributed by atoms with Crippen molar-refractivity contribution in [3.8, 4) is 0 Å². The molecule has 1 aliphatic rings. The van der Waals surface area contributed by atoms with E-state index in [1.54, 1.807) is 24.3 Å². The lowest BCUT2D eigenvalue weighted by Gasteiger charge is -2.42. The first-order valence-corrected chi connectivity index (χ1v) is 12.6. The molecule has 1 amide bonds. The highest BCUT2D eigenvalue weighted by atomic mass is 35.5. The Bertz CT molecular complexity index is 1300. The number of aliphatic hydroxyl groups is 1. The fraction of sp³-hybridized carbons (Fsp3) is 0.267. The topological polar surface area (TPSA) is 62.2 Å². The minimum Gasteiger partial charge on any atom is -0.395 e. The van der Waals surface area contributed by atoms with Gasteiger partial charge >= 0.3 is 0 Å². The number of nitrogens with one attached hydrogen (secondary N) is 1. The number of benzene rings is 3. The molecule has 0 aliphatic heterocycles. The Morgan fingerprint density at radius 3 is 2.31 bits per heavy atom. The Labute approximate surface area is 211 Å². The van der Waals surface area contributed by atoms with Crippen LogP contribution in [-0.2, 0) is 10.2 Å². The number of fused-ring (bicyclic) bond motifs is 1. The summed E-state index contributed by atoms with van der Waals surface area (Å²) in [7, 11) is 0. The van der Waals surface area contributed by atoms with Crippen molar-refractivity contribution in [3.05, 3.63) is 107 Å². The summed E-state index contributed by atoms with van der Waals surface area (Å²) < 4.78 is 0. The molecule has 5 rings (SSSR count). The van der Waals surface area contributed by atoms with E-state index in [1.807, 2.05) is 42.6 Å². The molecule has 0 unspecified atom stereocenters. The maximum atomic E-state index is 13.9. The average Bonchev–Trinajstić information content (AvgIpc) is 2.91. The second-order valence-corrected chi connectivity index (χ2v) is 9.86. The number of pyridine rings is 1. The Kier molecular flexibility index (Phi) is 6.85. The molecule has 0 spiro atoms. The van der Waals surface area contributed by atoms with Crippen LogP contribution in [0.25, 0.3) is 10.9 Å². The molecule has 178 valence electrons. The summed E-state index contributed by atoms with van der Waals surface area (Å²) in [5, 5.41) is 15.7. The maximum Gasteiger partial charge on any atom is 0.237 e. The number of halogens is 1. The molecule has 3 aromatic carbocycles. The second kappa shape index (κ2) is 10.2. The number of amides is 1. The van der Waals surface area contributed by atoms with Gasteiger partial charge in [0.05, 0.1) is 12.1 Å². The van der Waals surface area contributed by atoms with Gasteiger partial charge in [-0.25, -0.2) is 0 Å². The van der Waals surface area contributed by atoms with Crippen molar-refractivity contribution in [2.45, 2.75) is 37.0 Å². The predicted octanol–water partition coefficient (Wildman–Crippen LogP) is 6.73. The van der Waals surface area contributed by atoms with Crippen LogP contribution < -0.4 is 5.32 Å². The monoisotopic (exact) mass is 484 g/mol. The van der Waals surface area contributed by atoms with Crippen LogP contribution in [0.2, 0.25) is 5.02 Å². The number of hydrogen-bond acceptors (Lipinski definition) is 3. The third-order valence-corrected chi connectivity index (χ3v) is 7.84. The summed E-state index contributed by atoms with van der Waals surface area (Å²) in [6.45, 7) is -0.246. The number of para-hydroxylation sites is 1. The van der Waals surface area contributed by atoms with Crippen molar-refractivity contribution in [3.63, 3.8) is 0 Å². The normalized spacial score (nSPS) is 19.7. The third kappa shape index (κ3) is 4.56. The summed E-state index contributed by atoms with van der Waals surface area (Å²) in [5.41, 5.74) is 2.85. The molecule has 4 nitrogen and oxygen atoms in total. The molecule has 0 radical (unpaired) electrons. The van der Waals surface area contributed by atoms with Crippen LogP contribution in [0.3, 0.4) is 0 Å². The highest BCUT2D eigenvalue weighted by Crippen LogP contribution is 2.46. The molecule has 5 heteroatoms. The molecular formula is C30H29ClN2O2.